The summed E-state index contributed by atoms with van der Waals surface area (Å²) < 4.78 is 12.9. The zero-order valence-corrected chi connectivity index (χ0v) is 10.4. The lowest BCUT2D eigenvalue weighted by atomic mass is 10.2. The second-order valence-corrected chi connectivity index (χ2v) is 5.07. The third kappa shape index (κ3) is 2.81. The molecule has 0 aliphatic carbocycles. The van der Waals surface area contributed by atoms with Gasteiger partial charge >= 0.3 is 0 Å². The summed E-state index contributed by atoms with van der Waals surface area (Å²) in [4.78, 5) is 0. The summed E-state index contributed by atoms with van der Waals surface area (Å²) in [7, 11) is -0.777. The van der Waals surface area contributed by atoms with Gasteiger partial charge in [0.1, 0.15) is 0 Å². The summed E-state index contributed by atoms with van der Waals surface area (Å²) in [5.41, 5.74) is 8.80. The normalized spacial score (nSPS) is 13.0. The summed E-state index contributed by atoms with van der Waals surface area (Å²) in [6, 6.07) is 0. The molecule has 5 heteroatoms. The maximum absolute atomic E-state index is 11.0. The lowest BCUT2D eigenvalue weighted by Gasteiger charge is -2.04. The average molecular weight is 229 g/mol. The van der Waals surface area contributed by atoms with Gasteiger partial charge in [-0.1, -0.05) is 13.8 Å². The number of aryl methyl sites for hydroxylation is 2. The molecular weight excluding hydrogens is 210 g/mol. The molecule has 0 aromatic carbocycles. The fourth-order valence-electron chi connectivity index (χ4n) is 1.60. The zero-order valence-electron chi connectivity index (χ0n) is 9.62. The zero-order chi connectivity index (χ0) is 11.4. The third-order valence-electron chi connectivity index (χ3n) is 2.44. The van der Waals surface area contributed by atoms with Crippen LogP contribution in [0.1, 0.15) is 25.2 Å². The molecule has 1 atom stereocenters. The molecule has 0 saturated carbocycles. The standard InChI is InChI=1S/C10H19N3OS/c1-4-8-10(11)9(5-2)13(12-8)6-7-15(3)14/h4-7,11H2,1-3H3. The Labute approximate surface area is 93.3 Å². The van der Waals surface area contributed by atoms with Gasteiger partial charge in [-0.2, -0.15) is 5.10 Å². The first-order valence-corrected chi connectivity index (χ1v) is 6.96. The smallest absolute Gasteiger partial charge is 0.0854 e. The van der Waals surface area contributed by atoms with Gasteiger partial charge in [0, 0.05) is 22.8 Å². The van der Waals surface area contributed by atoms with Crippen LogP contribution in [0.5, 0.6) is 0 Å². The molecule has 1 unspecified atom stereocenters. The van der Waals surface area contributed by atoms with Crippen molar-refractivity contribution in [2.24, 2.45) is 0 Å². The van der Waals surface area contributed by atoms with Crippen LogP contribution >= 0.6 is 0 Å². The van der Waals surface area contributed by atoms with Crippen LogP contribution in [0.15, 0.2) is 0 Å². The van der Waals surface area contributed by atoms with Crippen molar-refractivity contribution in [1.82, 2.24) is 9.78 Å². The van der Waals surface area contributed by atoms with Crippen molar-refractivity contribution in [2.45, 2.75) is 33.2 Å². The van der Waals surface area contributed by atoms with E-state index < -0.39 is 10.8 Å². The van der Waals surface area contributed by atoms with Crippen LogP contribution in [-0.4, -0.2) is 26.0 Å². The highest BCUT2D eigenvalue weighted by molar-refractivity contribution is 7.84. The van der Waals surface area contributed by atoms with Gasteiger partial charge in [0.2, 0.25) is 0 Å². The molecule has 0 spiro atoms. The molecule has 0 aliphatic heterocycles. The summed E-state index contributed by atoms with van der Waals surface area (Å²) in [5, 5.41) is 4.43. The first-order chi connectivity index (χ1) is 7.10. The van der Waals surface area contributed by atoms with Gasteiger partial charge in [-0.25, -0.2) is 0 Å². The van der Waals surface area contributed by atoms with Crippen LogP contribution in [-0.2, 0) is 30.2 Å². The molecule has 0 aliphatic rings. The summed E-state index contributed by atoms with van der Waals surface area (Å²) in [5.74, 6) is 0.636. The molecule has 1 aromatic heterocycles. The first kappa shape index (κ1) is 12.2. The third-order valence-corrected chi connectivity index (χ3v) is 3.19. The second kappa shape index (κ2) is 5.30. The van der Waals surface area contributed by atoms with Crippen molar-refractivity contribution in [3.8, 4) is 0 Å². The molecule has 0 bridgehead atoms. The van der Waals surface area contributed by atoms with Gasteiger partial charge < -0.3 is 5.73 Å². The van der Waals surface area contributed by atoms with Crippen molar-refractivity contribution in [3.63, 3.8) is 0 Å². The van der Waals surface area contributed by atoms with Gasteiger partial charge in [-0.3, -0.25) is 8.89 Å². The largest absolute Gasteiger partial charge is 0.396 e. The van der Waals surface area contributed by atoms with E-state index in [1.807, 2.05) is 11.6 Å². The maximum atomic E-state index is 11.0. The molecule has 0 radical (unpaired) electrons. The van der Waals surface area contributed by atoms with Crippen LogP contribution in [0.3, 0.4) is 0 Å². The Kier molecular flexibility index (Phi) is 4.32. The number of aromatic nitrogens is 2. The highest BCUT2D eigenvalue weighted by atomic mass is 32.2. The van der Waals surface area contributed by atoms with E-state index in [2.05, 4.69) is 12.0 Å². The average Bonchev–Trinajstić information content (AvgIpc) is 2.51. The Morgan fingerprint density at radius 3 is 2.53 bits per heavy atom. The minimum absolute atomic E-state index is 0.636. The second-order valence-electron chi connectivity index (χ2n) is 3.51. The van der Waals surface area contributed by atoms with Crippen molar-refractivity contribution in [1.29, 1.82) is 0 Å². The number of rotatable bonds is 5. The molecule has 4 nitrogen and oxygen atoms in total. The molecule has 1 aromatic rings. The van der Waals surface area contributed by atoms with E-state index in [1.165, 1.54) is 0 Å². The monoisotopic (exact) mass is 229 g/mol. The van der Waals surface area contributed by atoms with E-state index in [1.54, 1.807) is 6.26 Å². The molecule has 0 fully saturated rings. The van der Waals surface area contributed by atoms with E-state index in [4.69, 9.17) is 5.73 Å². The molecule has 1 heterocycles. The molecule has 86 valence electrons. The lowest BCUT2D eigenvalue weighted by molar-refractivity contribution is 0.614. The van der Waals surface area contributed by atoms with Crippen LogP contribution in [0.25, 0.3) is 0 Å². The Morgan fingerprint density at radius 1 is 1.40 bits per heavy atom. The number of nitrogens with two attached hydrogens (primary N) is 1. The van der Waals surface area contributed by atoms with E-state index in [0.717, 1.165) is 29.9 Å². The molecule has 0 amide bonds. The Hall–Kier alpha value is -0.840. The number of nitrogen functional groups attached to an aromatic ring is 1. The minimum atomic E-state index is -0.777. The Bertz CT molecular complexity index is 360. The highest BCUT2D eigenvalue weighted by Gasteiger charge is 2.12. The molecule has 15 heavy (non-hydrogen) atoms. The fraction of sp³-hybridized carbons (Fsp3) is 0.700. The van der Waals surface area contributed by atoms with Gasteiger partial charge in [-0.05, 0) is 12.8 Å². The van der Waals surface area contributed by atoms with Gasteiger partial charge in [-0.15, -0.1) is 0 Å². The predicted octanol–water partition coefficient (Wildman–Crippen LogP) is 0.969. The predicted molar refractivity (Wildman–Crippen MR) is 64.3 cm³/mol. The first-order valence-electron chi connectivity index (χ1n) is 5.24. The van der Waals surface area contributed by atoms with E-state index >= 15 is 0 Å². The number of hydrogen-bond donors (Lipinski definition) is 1. The molecule has 1 rings (SSSR count). The Balaban J connectivity index is 2.90. The molecule has 0 saturated heterocycles. The summed E-state index contributed by atoms with van der Waals surface area (Å²) in [6.45, 7) is 4.79. The lowest BCUT2D eigenvalue weighted by Crippen LogP contribution is -2.11. The number of hydrogen-bond acceptors (Lipinski definition) is 3. The van der Waals surface area contributed by atoms with Crippen molar-refractivity contribution >= 4 is 16.5 Å². The van der Waals surface area contributed by atoms with Crippen LogP contribution in [0.4, 0.5) is 5.69 Å². The fourth-order valence-corrected chi connectivity index (χ4v) is 2.03. The SMILES string of the molecule is CCc1nn(CCS(C)=O)c(CC)c1N. The topological polar surface area (TPSA) is 60.9 Å². The van der Waals surface area contributed by atoms with Gasteiger partial charge in [0.15, 0.2) is 0 Å². The van der Waals surface area contributed by atoms with Crippen molar-refractivity contribution in [3.05, 3.63) is 11.4 Å². The number of nitrogens with zero attached hydrogens (tertiary/aromatic N) is 2. The quantitative estimate of drug-likeness (QED) is 0.818. The van der Waals surface area contributed by atoms with Crippen molar-refractivity contribution in [2.75, 3.05) is 17.7 Å². The molecular formula is C10H19N3OS. The Morgan fingerprint density at radius 2 is 2.07 bits per heavy atom. The summed E-state index contributed by atoms with van der Waals surface area (Å²) in [6.07, 6.45) is 3.43. The number of anilines is 1. The minimum Gasteiger partial charge on any atom is -0.396 e. The summed E-state index contributed by atoms with van der Waals surface area (Å²) >= 11 is 0. The van der Waals surface area contributed by atoms with Crippen LogP contribution < -0.4 is 5.73 Å². The van der Waals surface area contributed by atoms with E-state index in [-0.39, 0.29) is 0 Å². The van der Waals surface area contributed by atoms with E-state index in [0.29, 0.717) is 12.3 Å². The molecule has 2 N–H and O–H groups in total. The van der Waals surface area contributed by atoms with Crippen molar-refractivity contribution < 1.29 is 4.21 Å². The van der Waals surface area contributed by atoms with Gasteiger partial charge in [0.05, 0.1) is 23.6 Å². The maximum Gasteiger partial charge on any atom is 0.0854 e. The highest BCUT2D eigenvalue weighted by Crippen LogP contribution is 2.18. The van der Waals surface area contributed by atoms with Gasteiger partial charge in [0.25, 0.3) is 0 Å². The van der Waals surface area contributed by atoms with E-state index in [9.17, 15) is 4.21 Å². The van der Waals surface area contributed by atoms with Crippen LogP contribution in [0, 0.1) is 0 Å². The van der Waals surface area contributed by atoms with Crippen LogP contribution in [0.2, 0.25) is 0 Å².